The van der Waals surface area contributed by atoms with Crippen molar-refractivity contribution in [2.75, 3.05) is 5.32 Å². The summed E-state index contributed by atoms with van der Waals surface area (Å²) >= 11 is 0. The molecule has 0 radical (unpaired) electrons. The van der Waals surface area contributed by atoms with Crippen LogP contribution in [0, 0.1) is 16.7 Å². The molecule has 120 valence electrons. The van der Waals surface area contributed by atoms with Gasteiger partial charge in [-0.1, -0.05) is 12.1 Å². The van der Waals surface area contributed by atoms with E-state index in [0.29, 0.717) is 30.6 Å². The number of aromatic nitrogens is 1. The Kier molecular flexibility index (Phi) is 4.25. The number of pyridine rings is 1. The lowest BCUT2D eigenvalue weighted by Gasteiger charge is -2.15. The molecule has 0 atom stereocenters. The van der Waals surface area contributed by atoms with Crippen molar-refractivity contribution in [3.8, 4) is 6.07 Å². The Balaban J connectivity index is 1.63. The number of hydrogen-bond acceptors (Lipinski definition) is 4. The third kappa shape index (κ3) is 3.25. The number of anilines is 1. The zero-order valence-electron chi connectivity index (χ0n) is 13.0. The van der Waals surface area contributed by atoms with E-state index in [0.717, 1.165) is 5.69 Å². The molecule has 0 aliphatic heterocycles. The molecule has 1 fully saturated rings. The number of nitrogens with one attached hydrogen (secondary N) is 2. The fraction of sp³-hybridized carbons (Fsp3) is 0.222. The van der Waals surface area contributed by atoms with Crippen LogP contribution < -0.4 is 10.6 Å². The average Bonchev–Trinajstić information content (AvgIpc) is 3.43. The molecular formula is C18H16N4O2. The van der Waals surface area contributed by atoms with Gasteiger partial charge < -0.3 is 10.6 Å². The number of hydrogen-bond donors (Lipinski definition) is 2. The number of carbonyl (C=O) groups is 2. The van der Waals surface area contributed by atoms with Crippen LogP contribution in [0.15, 0.2) is 48.7 Å². The Bertz CT molecular complexity index is 807. The van der Waals surface area contributed by atoms with Crippen molar-refractivity contribution in [2.45, 2.75) is 19.4 Å². The van der Waals surface area contributed by atoms with Crippen LogP contribution >= 0.6 is 0 Å². The molecule has 2 N–H and O–H groups in total. The second kappa shape index (κ2) is 6.50. The minimum Gasteiger partial charge on any atom is -0.350 e. The van der Waals surface area contributed by atoms with Gasteiger partial charge in [0.25, 0.3) is 0 Å². The summed E-state index contributed by atoms with van der Waals surface area (Å²) in [6.07, 6.45) is 2.69. The zero-order valence-corrected chi connectivity index (χ0v) is 13.0. The Morgan fingerprint density at radius 2 is 2.00 bits per heavy atom. The molecule has 0 unspecified atom stereocenters. The lowest BCUT2D eigenvalue weighted by atomic mass is 10.0. The second-order valence-electron chi connectivity index (χ2n) is 5.73. The molecule has 1 aromatic heterocycles. The van der Waals surface area contributed by atoms with Gasteiger partial charge in [0.2, 0.25) is 11.8 Å². The SMILES string of the molecule is N#Cc1cccc(NC(=O)C2(C(=O)NCc3ccccn3)CC2)c1. The predicted molar refractivity (Wildman–Crippen MR) is 87.5 cm³/mol. The molecule has 1 aliphatic rings. The van der Waals surface area contributed by atoms with E-state index < -0.39 is 5.41 Å². The number of benzene rings is 1. The van der Waals surface area contributed by atoms with E-state index in [4.69, 9.17) is 5.26 Å². The monoisotopic (exact) mass is 320 g/mol. The minimum absolute atomic E-state index is 0.290. The van der Waals surface area contributed by atoms with Crippen LogP contribution in [0.5, 0.6) is 0 Å². The Morgan fingerprint density at radius 1 is 1.17 bits per heavy atom. The van der Waals surface area contributed by atoms with E-state index in [9.17, 15) is 9.59 Å². The summed E-state index contributed by atoms with van der Waals surface area (Å²) in [6, 6.07) is 14.1. The number of nitrogens with zero attached hydrogens (tertiary/aromatic N) is 2. The minimum atomic E-state index is -1.02. The summed E-state index contributed by atoms with van der Waals surface area (Å²) < 4.78 is 0. The molecule has 6 nitrogen and oxygen atoms in total. The topological polar surface area (TPSA) is 94.9 Å². The van der Waals surface area contributed by atoms with Gasteiger partial charge >= 0.3 is 0 Å². The summed E-state index contributed by atoms with van der Waals surface area (Å²) in [4.78, 5) is 29.0. The number of carbonyl (C=O) groups excluding carboxylic acids is 2. The van der Waals surface area contributed by atoms with Gasteiger partial charge in [-0.25, -0.2) is 0 Å². The quantitative estimate of drug-likeness (QED) is 0.824. The number of rotatable bonds is 5. The van der Waals surface area contributed by atoms with Crippen LogP contribution in [-0.4, -0.2) is 16.8 Å². The van der Waals surface area contributed by atoms with Crippen LogP contribution in [0.2, 0.25) is 0 Å². The summed E-state index contributed by atoms with van der Waals surface area (Å²) in [7, 11) is 0. The van der Waals surface area contributed by atoms with E-state index in [-0.39, 0.29) is 11.8 Å². The van der Waals surface area contributed by atoms with Gasteiger partial charge in [-0.15, -0.1) is 0 Å². The fourth-order valence-corrected chi connectivity index (χ4v) is 2.44. The van der Waals surface area contributed by atoms with E-state index >= 15 is 0 Å². The molecule has 1 aliphatic carbocycles. The first-order valence-corrected chi connectivity index (χ1v) is 7.64. The Hall–Kier alpha value is -3.20. The van der Waals surface area contributed by atoms with Crippen LogP contribution in [0.25, 0.3) is 0 Å². The zero-order chi connectivity index (χ0) is 17.0. The molecule has 1 heterocycles. The first kappa shape index (κ1) is 15.7. The van der Waals surface area contributed by atoms with Crippen molar-refractivity contribution in [2.24, 2.45) is 5.41 Å². The normalized spacial score (nSPS) is 14.3. The van der Waals surface area contributed by atoms with Gasteiger partial charge in [-0.05, 0) is 43.2 Å². The van der Waals surface area contributed by atoms with E-state index in [1.54, 1.807) is 36.5 Å². The summed E-state index contributed by atoms with van der Waals surface area (Å²) in [5, 5.41) is 14.4. The van der Waals surface area contributed by atoms with Gasteiger partial charge in [-0.3, -0.25) is 14.6 Å². The standard InChI is InChI=1S/C18H16N4O2/c19-11-13-4-3-6-14(10-13)22-17(24)18(7-8-18)16(23)21-12-15-5-1-2-9-20-15/h1-6,9-10H,7-8,12H2,(H,21,23)(H,22,24). The fourth-order valence-electron chi connectivity index (χ4n) is 2.44. The van der Waals surface area contributed by atoms with Crippen molar-refractivity contribution in [3.63, 3.8) is 0 Å². The van der Waals surface area contributed by atoms with Crippen molar-refractivity contribution in [1.82, 2.24) is 10.3 Å². The maximum Gasteiger partial charge on any atom is 0.240 e. The van der Waals surface area contributed by atoms with E-state index in [1.165, 1.54) is 0 Å². The van der Waals surface area contributed by atoms with Crippen LogP contribution in [-0.2, 0) is 16.1 Å². The molecule has 2 amide bonds. The Morgan fingerprint density at radius 3 is 2.67 bits per heavy atom. The highest BCUT2D eigenvalue weighted by Gasteiger charge is 2.56. The maximum absolute atomic E-state index is 12.5. The molecule has 2 aromatic rings. The highest BCUT2D eigenvalue weighted by Crippen LogP contribution is 2.46. The molecule has 0 spiro atoms. The summed E-state index contributed by atoms with van der Waals surface area (Å²) in [6.45, 7) is 0.290. The summed E-state index contributed by atoms with van der Waals surface area (Å²) in [5.41, 5.74) is 0.695. The maximum atomic E-state index is 12.5. The van der Waals surface area contributed by atoms with Gasteiger partial charge in [0.1, 0.15) is 5.41 Å². The van der Waals surface area contributed by atoms with Gasteiger partial charge in [-0.2, -0.15) is 5.26 Å². The first-order chi connectivity index (χ1) is 11.6. The predicted octanol–water partition coefficient (Wildman–Crippen LogP) is 1.99. The molecular weight excluding hydrogens is 304 g/mol. The van der Waals surface area contributed by atoms with E-state index in [1.807, 2.05) is 18.2 Å². The van der Waals surface area contributed by atoms with Crippen molar-refractivity contribution in [3.05, 3.63) is 59.9 Å². The van der Waals surface area contributed by atoms with Crippen molar-refractivity contribution in [1.29, 1.82) is 5.26 Å². The van der Waals surface area contributed by atoms with E-state index in [2.05, 4.69) is 15.6 Å². The van der Waals surface area contributed by atoms with Crippen LogP contribution in [0.1, 0.15) is 24.1 Å². The van der Waals surface area contributed by atoms with Crippen LogP contribution in [0.4, 0.5) is 5.69 Å². The molecule has 1 aromatic carbocycles. The third-order valence-electron chi connectivity index (χ3n) is 4.03. The first-order valence-electron chi connectivity index (χ1n) is 7.64. The number of nitriles is 1. The smallest absolute Gasteiger partial charge is 0.240 e. The van der Waals surface area contributed by atoms with Crippen LogP contribution in [0.3, 0.4) is 0 Å². The largest absolute Gasteiger partial charge is 0.350 e. The number of amides is 2. The molecule has 0 bridgehead atoms. The van der Waals surface area contributed by atoms with Gasteiger partial charge in [0.15, 0.2) is 0 Å². The lowest BCUT2D eigenvalue weighted by molar-refractivity contribution is -0.134. The summed E-state index contributed by atoms with van der Waals surface area (Å²) in [5.74, 6) is -0.627. The molecule has 6 heteroatoms. The van der Waals surface area contributed by atoms with Crippen molar-refractivity contribution < 1.29 is 9.59 Å². The molecule has 24 heavy (non-hydrogen) atoms. The Labute approximate surface area is 139 Å². The molecule has 3 rings (SSSR count). The van der Waals surface area contributed by atoms with Gasteiger partial charge in [0.05, 0.1) is 23.9 Å². The van der Waals surface area contributed by atoms with Crippen molar-refractivity contribution >= 4 is 17.5 Å². The highest BCUT2D eigenvalue weighted by molar-refractivity contribution is 6.13. The molecule has 0 saturated heterocycles. The highest BCUT2D eigenvalue weighted by atomic mass is 16.2. The average molecular weight is 320 g/mol. The molecule has 1 saturated carbocycles. The van der Waals surface area contributed by atoms with Gasteiger partial charge in [0, 0.05) is 11.9 Å². The lowest BCUT2D eigenvalue weighted by Crippen LogP contribution is -2.39. The third-order valence-corrected chi connectivity index (χ3v) is 4.03. The second-order valence-corrected chi connectivity index (χ2v) is 5.73.